The van der Waals surface area contributed by atoms with E-state index in [0.717, 1.165) is 22.9 Å². The lowest BCUT2D eigenvalue weighted by atomic mass is 10.0. The molecule has 0 fully saturated rings. The Morgan fingerprint density at radius 3 is 2.23 bits per heavy atom. The first kappa shape index (κ1) is 30.2. The van der Waals surface area contributed by atoms with Crippen LogP contribution in [0.2, 0.25) is 5.02 Å². The highest BCUT2D eigenvalue weighted by Crippen LogP contribution is 2.24. The molecule has 0 heterocycles. The minimum atomic E-state index is -3.56. The van der Waals surface area contributed by atoms with E-state index in [9.17, 15) is 18.0 Å². The van der Waals surface area contributed by atoms with Crippen molar-refractivity contribution in [2.24, 2.45) is 0 Å². The Morgan fingerprint density at radius 1 is 0.949 bits per heavy atom. The molecule has 0 aliphatic rings. The summed E-state index contributed by atoms with van der Waals surface area (Å²) in [4.78, 5) is 28.6. The molecule has 0 saturated heterocycles. The second-order valence-corrected chi connectivity index (χ2v) is 11.8. The Bertz CT molecular complexity index is 1370. The van der Waals surface area contributed by atoms with Crippen molar-refractivity contribution in [3.8, 4) is 0 Å². The zero-order valence-electron chi connectivity index (χ0n) is 22.6. The van der Waals surface area contributed by atoms with Gasteiger partial charge >= 0.3 is 0 Å². The molecule has 0 aromatic heterocycles. The summed E-state index contributed by atoms with van der Waals surface area (Å²) in [6.45, 7) is 4.41. The summed E-state index contributed by atoms with van der Waals surface area (Å²) >= 11 is 6.45. The quantitative estimate of drug-likeness (QED) is 0.315. The average Bonchev–Trinajstić information content (AvgIpc) is 2.90. The molecule has 39 heavy (non-hydrogen) atoms. The van der Waals surface area contributed by atoms with E-state index in [2.05, 4.69) is 5.32 Å². The van der Waals surface area contributed by atoms with Crippen LogP contribution in [0.25, 0.3) is 0 Å². The largest absolute Gasteiger partial charge is 0.355 e. The highest BCUT2D eigenvalue weighted by Gasteiger charge is 2.30. The maximum absolute atomic E-state index is 13.8. The fourth-order valence-corrected chi connectivity index (χ4v) is 5.70. The van der Waals surface area contributed by atoms with Crippen molar-refractivity contribution in [1.82, 2.24) is 10.2 Å². The lowest BCUT2D eigenvalue weighted by Gasteiger charge is -2.32. The molecule has 3 aromatic carbocycles. The standard InChI is InChI=1S/C30H36ClN3O4S/c1-4-32-30(36)28(21-24-14-6-5-7-15-24)33(22-25-16-9-10-17-26(25)31)29(35)19-12-20-34(39(3,37)38)27-18-11-8-13-23(27)2/h5-11,13-18,28H,4,12,19-22H2,1-3H3,(H,32,36)/t28-/m0/s1. The van der Waals surface area contributed by atoms with Crippen molar-refractivity contribution in [1.29, 1.82) is 0 Å². The Labute approximate surface area is 236 Å². The van der Waals surface area contributed by atoms with Gasteiger partial charge in [-0.3, -0.25) is 13.9 Å². The summed E-state index contributed by atoms with van der Waals surface area (Å²) in [6.07, 6.45) is 1.84. The SMILES string of the molecule is CCNC(=O)[C@H](Cc1ccccc1)N(Cc1ccccc1Cl)C(=O)CCCN(c1ccccc1C)S(C)(=O)=O. The Kier molecular flexibility index (Phi) is 10.9. The van der Waals surface area contributed by atoms with Gasteiger partial charge in [0, 0.05) is 37.5 Å². The van der Waals surface area contributed by atoms with Gasteiger partial charge in [0.25, 0.3) is 0 Å². The summed E-state index contributed by atoms with van der Waals surface area (Å²) in [5.41, 5.74) is 3.07. The smallest absolute Gasteiger partial charge is 0.243 e. The normalized spacial score (nSPS) is 12.0. The fourth-order valence-electron chi connectivity index (χ4n) is 4.48. The number of likely N-dealkylation sites (N-methyl/N-ethyl adjacent to an activating group) is 1. The summed E-state index contributed by atoms with van der Waals surface area (Å²) in [5, 5.41) is 3.38. The molecule has 1 atom stereocenters. The number of para-hydroxylation sites is 1. The summed E-state index contributed by atoms with van der Waals surface area (Å²) in [5.74, 6) is -0.500. The van der Waals surface area contributed by atoms with E-state index in [1.54, 1.807) is 23.1 Å². The fraction of sp³-hybridized carbons (Fsp3) is 0.333. The molecule has 0 aliphatic heterocycles. The highest BCUT2D eigenvalue weighted by molar-refractivity contribution is 7.92. The molecule has 0 bridgehead atoms. The van der Waals surface area contributed by atoms with Gasteiger partial charge in [-0.1, -0.05) is 78.3 Å². The summed E-state index contributed by atoms with van der Waals surface area (Å²) in [6, 6.07) is 23.3. The van der Waals surface area contributed by atoms with E-state index >= 15 is 0 Å². The first-order valence-corrected chi connectivity index (χ1v) is 15.2. The number of benzene rings is 3. The van der Waals surface area contributed by atoms with E-state index in [-0.39, 0.29) is 37.7 Å². The van der Waals surface area contributed by atoms with Crippen LogP contribution in [0.4, 0.5) is 5.69 Å². The van der Waals surface area contributed by atoms with Crippen LogP contribution >= 0.6 is 11.6 Å². The predicted molar refractivity (Wildman–Crippen MR) is 157 cm³/mol. The summed E-state index contributed by atoms with van der Waals surface area (Å²) in [7, 11) is -3.56. The number of nitrogens with zero attached hydrogens (tertiary/aromatic N) is 2. The molecule has 208 valence electrons. The van der Waals surface area contributed by atoms with Gasteiger partial charge in [-0.15, -0.1) is 0 Å². The zero-order chi connectivity index (χ0) is 28.4. The number of halogens is 1. The number of rotatable bonds is 13. The van der Waals surface area contributed by atoms with Gasteiger partial charge < -0.3 is 10.2 Å². The Morgan fingerprint density at radius 2 is 1.59 bits per heavy atom. The number of nitrogens with one attached hydrogen (secondary N) is 1. The van der Waals surface area contributed by atoms with Gasteiger partial charge in [-0.05, 0) is 49.1 Å². The first-order valence-electron chi connectivity index (χ1n) is 13.0. The molecule has 7 nitrogen and oxygen atoms in total. The number of carbonyl (C=O) groups excluding carboxylic acids is 2. The number of carbonyl (C=O) groups is 2. The van der Waals surface area contributed by atoms with E-state index in [4.69, 9.17) is 11.6 Å². The maximum atomic E-state index is 13.8. The second-order valence-electron chi connectivity index (χ2n) is 9.44. The van der Waals surface area contributed by atoms with Crippen LogP contribution in [-0.4, -0.2) is 50.5 Å². The van der Waals surface area contributed by atoms with Crippen LogP contribution in [0.3, 0.4) is 0 Å². The molecule has 9 heteroatoms. The van der Waals surface area contributed by atoms with E-state index in [1.165, 1.54) is 4.31 Å². The lowest BCUT2D eigenvalue weighted by molar-refractivity contribution is -0.141. The third kappa shape index (κ3) is 8.57. The Hall–Kier alpha value is -3.36. The molecule has 0 aliphatic carbocycles. The highest BCUT2D eigenvalue weighted by atomic mass is 35.5. The lowest BCUT2D eigenvalue weighted by Crippen LogP contribution is -2.50. The number of aryl methyl sites for hydroxylation is 1. The van der Waals surface area contributed by atoms with Gasteiger partial charge in [0.15, 0.2) is 0 Å². The molecule has 2 amide bonds. The molecule has 3 aromatic rings. The topological polar surface area (TPSA) is 86.8 Å². The third-order valence-electron chi connectivity index (χ3n) is 6.46. The Balaban J connectivity index is 1.88. The van der Waals surface area contributed by atoms with E-state index in [0.29, 0.717) is 23.7 Å². The number of hydrogen-bond donors (Lipinski definition) is 1. The maximum Gasteiger partial charge on any atom is 0.243 e. The molecular weight excluding hydrogens is 534 g/mol. The van der Waals surface area contributed by atoms with Crippen LogP contribution < -0.4 is 9.62 Å². The number of amides is 2. The molecule has 0 spiro atoms. The molecule has 0 unspecified atom stereocenters. The number of sulfonamides is 1. The van der Waals surface area contributed by atoms with Crippen LogP contribution in [0.1, 0.15) is 36.5 Å². The number of hydrogen-bond acceptors (Lipinski definition) is 4. The van der Waals surface area contributed by atoms with Crippen molar-refractivity contribution in [3.05, 3.63) is 101 Å². The molecular formula is C30H36ClN3O4S. The van der Waals surface area contributed by atoms with Crippen molar-refractivity contribution in [2.75, 3.05) is 23.7 Å². The van der Waals surface area contributed by atoms with Crippen LogP contribution in [-0.2, 0) is 32.6 Å². The minimum absolute atomic E-state index is 0.0625. The van der Waals surface area contributed by atoms with Gasteiger partial charge in [-0.2, -0.15) is 0 Å². The van der Waals surface area contributed by atoms with Crippen LogP contribution in [0.5, 0.6) is 0 Å². The van der Waals surface area contributed by atoms with Crippen LogP contribution in [0, 0.1) is 6.92 Å². The van der Waals surface area contributed by atoms with Crippen molar-refractivity contribution >= 4 is 39.1 Å². The number of anilines is 1. The van der Waals surface area contributed by atoms with Gasteiger partial charge in [-0.25, -0.2) is 8.42 Å². The second kappa shape index (κ2) is 14.1. The minimum Gasteiger partial charge on any atom is -0.355 e. The molecule has 0 saturated carbocycles. The molecule has 3 rings (SSSR count). The summed E-state index contributed by atoms with van der Waals surface area (Å²) < 4.78 is 26.5. The van der Waals surface area contributed by atoms with Crippen LogP contribution in [0.15, 0.2) is 78.9 Å². The average molecular weight is 570 g/mol. The zero-order valence-corrected chi connectivity index (χ0v) is 24.2. The van der Waals surface area contributed by atoms with Crippen molar-refractivity contribution in [2.45, 2.75) is 45.7 Å². The van der Waals surface area contributed by atoms with Gasteiger partial charge in [0.1, 0.15) is 6.04 Å². The van der Waals surface area contributed by atoms with Crippen molar-refractivity contribution < 1.29 is 18.0 Å². The van der Waals surface area contributed by atoms with Gasteiger partial charge in [0.05, 0.1) is 11.9 Å². The first-order chi connectivity index (χ1) is 18.6. The molecule has 1 N–H and O–H groups in total. The monoisotopic (exact) mass is 569 g/mol. The predicted octanol–water partition coefficient (Wildman–Crippen LogP) is 4.97. The van der Waals surface area contributed by atoms with E-state index < -0.39 is 16.1 Å². The van der Waals surface area contributed by atoms with Crippen molar-refractivity contribution in [3.63, 3.8) is 0 Å². The third-order valence-corrected chi connectivity index (χ3v) is 8.01. The van der Waals surface area contributed by atoms with Gasteiger partial charge in [0.2, 0.25) is 21.8 Å². The molecule has 0 radical (unpaired) electrons. The van der Waals surface area contributed by atoms with E-state index in [1.807, 2.05) is 74.5 Å².